The zero-order valence-corrected chi connectivity index (χ0v) is 12.6. The van der Waals surface area contributed by atoms with Gasteiger partial charge < -0.3 is 15.2 Å². The van der Waals surface area contributed by atoms with Gasteiger partial charge in [-0.25, -0.2) is 0 Å². The van der Waals surface area contributed by atoms with Crippen molar-refractivity contribution in [2.75, 3.05) is 13.6 Å². The molecule has 0 saturated carbocycles. The highest BCUT2D eigenvalue weighted by Crippen LogP contribution is 2.18. The summed E-state index contributed by atoms with van der Waals surface area (Å²) in [6.07, 6.45) is 2.56. The van der Waals surface area contributed by atoms with Crippen molar-refractivity contribution in [3.63, 3.8) is 0 Å². The van der Waals surface area contributed by atoms with Crippen LogP contribution in [-0.2, 0) is 4.79 Å². The minimum absolute atomic E-state index is 0.0582. The fourth-order valence-electron chi connectivity index (χ4n) is 2.16. The predicted octanol–water partition coefficient (Wildman–Crippen LogP) is 2.15. The number of nitrogens with zero attached hydrogens (tertiary/aromatic N) is 1. The van der Waals surface area contributed by atoms with Gasteiger partial charge in [0.25, 0.3) is 5.91 Å². The average molecular weight is 287 g/mol. The van der Waals surface area contributed by atoms with E-state index in [9.17, 15) is 9.59 Å². The minimum atomic E-state index is -0.160. The molecule has 5 heteroatoms. The molecule has 0 saturated heterocycles. The summed E-state index contributed by atoms with van der Waals surface area (Å²) in [6.45, 7) is 4.01. The zero-order chi connectivity index (χ0) is 15.4. The van der Waals surface area contributed by atoms with Crippen molar-refractivity contribution in [2.24, 2.45) is 0 Å². The number of aromatic nitrogens is 1. The molecule has 5 nitrogen and oxygen atoms in total. The quantitative estimate of drug-likeness (QED) is 0.885. The van der Waals surface area contributed by atoms with E-state index < -0.39 is 0 Å². The summed E-state index contributed by atoms with van der Waals surface area (Å²) in [7, 11) is 1.64. The molecular formula is C16H21N3O2. The molecule has 2 N–H and O–H groups in total. The van der Waals surface area contributed by atoms with E-state index in [1.807, 2.05) is 38.1 Å². The standard InChI is InChI=1S/C16H21N3O2/c1-4-11(2)18-15(20)10-19(3)16(21)13-9-17-14-8-6-5-7-12(13)14/h5-9,11,17H,4,10H2,1-3H3,(H,18,20). The normalized spacial score (nSPS) is 12.1. The number of H-pyrrole nitrogens is 1. The highest BCUT2D eigenvalue weighted by Gasteiger charge is 2.18. The van der Waals surface area contributed by atoms with E-state index >= 15 is 0 Å². The van der Waals surface area contributed by atoms with Crippen LogP contribution >= 0.6 is 0 Å². The summed E-state index contributed by atoms with van der Waals surface area (Å²) < 4.78 is 0. The summed E-state index contributed by atoms with van der Waals surface area (Å²) in [5, 5.41) is 3.73. The maximum absolute atomic E-state index is 12.4. The first-order chi connectivity index (χ1) is 10.0. The summed E-state index contributed by atoms with van der Waals surface area (Å²) in [6, 6.07) is 7.74. The smallest absolute Gasteiger partial charge is 0.256 e. The van der Waals surface area contributed by atoms with Crippen LogP contribution in [0, 0.1) is 0 Å². The van der Waals surface area contributed by atoms with E-state index in [1.165, 1.54) is 4.90 Å². The van der Waals surface area contributed by atoms with Crippen molar-refractivity contribution in [1.29, 1.82) is 0 Å². The van der Waals surface area contributed by atoms with Crippen molar-refractivity contribution >= 4 is 22.7 Å². The van der Waals surface area contributed by atoms with Crippen LogP contribution in [-0.4, -0.2) is 41.3 Å². The van der Waals surface area contributed by atoms with Crippen molar-refractivity contribution in [3.8, 4) is 0 Å². The second-order valence-corrected chi connectivity index (χ2v) is 5.29. The lowest BCUT2D eigenvalue weighted by atomic mass is 10.1. The van der Waals surface area contributed by atoms with Gasteiger partial charge in [0.1, 0.15) is 0 Å². The lowest BCUT2D eigenvalue weighted by molar-refractivity contribution is -0.122. The molecular weight excluding hydrogens is 266 g/mol. The van der Waals surface area contributed by atoms with Crippen molar-refractivity contribution in [2.45, 2.75) is 26.3 Å². The van der Waals surface area contributed by atoms with Gasteiger partial charge in [-0.15, -0.1) is 0 Å². The fraction of sp³-hybridized carbons (Fsp3) is 0.375. The van der Waals surface area contributed by atoms with Crippen molar-refractivity contribution in [1.82, 2.24) is 15.2 Å². The Balaban J connectivity index is 2.07. The van der Waals surface area contributed by atoms with Crippen LogP contribution in [0.5, 0.6) is 0 Å². The highest BCUT2D eigenvalue weighted by atomic mass is 16.2. The van der Waals surface area contributed by atoms with E-state index in [2.05, 4.69) is 10.3 Å². The topological polar surface area (TPSA) is 65.2 Å². The van der Waals surface area contributed by atoms with Crippen LogP contribution < -0.4 is 5.32 Å². The summed E-state index contributed by atoms with van der Waals surface area (Å²) in [4.78, 5) is 28.8. The van der Waals surface area contributed by atoms with Gasteiger partial charge in [-0.05, 0) is 19.4 Å². The summed E-state index contributed by atoms with van der Waals surface area (Å²) in [5.41, 5.74) is 1.50. The minimum Gasteiger partial charge on any atom is -0.360 e. The molecule has 2 rings (SSSR count). The molecule has 0 aliphatic carbocycles. The Kier molecular flexibility index (Phi) is 4.62. The van der Waals surface area contributed by atoms with Gasteiger partial charge in [0, 0.05) is 30.2 Å². The first-order valence-electron chi connectivity index (χ1n) is 7.13. The van der Waals surface area contributed by atoms with Gasteiger partial charge in [-0.3, -0.25) is 9.59 Å². The molecule has 1 heterocycles. The lowest BCUT2D eigenvalue weighted by Gasteiger charge is -2.18. The van der Waals surface area contributed by atoms with E-state index in [-0.39, 0.29) is 24.4 Å². The first-order valence-corrected chi connectivity index (χ1v) is 7.13. The van der Waals surface area contributed by atoms with E-state index in [0.717, 1.165) is 17.3 Å². The van der Waals surface area contributed by atoms with Gasteiger partial charge in [-0.1, -0.05) is 25.1 Å². The Morgan fingerprint density at radius 2 is 2.05 bits per heavy atom. The van der Waals surface area contributed by atoms with Gasteiger partial charge >= 0.3 is 0 Å². The lowest BCUT2D eigenvalue weighted by Crippen LogP contribution is -2.41. The molecule has 2 aromatic rings. The number of nitrogens with one attached hydrogen (secondary N) is 2. The van der Waals surface area contributed by atoms with E-state index in [1.54, 1.807) is 13.2 Å². The number of carbonyl (C=O) groups is 2. The van der Waals surface area contributed by atoms with E-state index in [4.69, 9.17) is 0 Å². The average Bonchev–Trinajstić information content (AvgIpc) is 2.89. The van der Waals surface area contributed by atoms with Crippen LogP contribution in [0.4, 0.5) is 0 Å². The second kappa shape index (κ2) is 6.43. The maximum Gasteiger partial charge on any atom is 0.256 e. The third-order valence-corrected chi connectivity index (χ3v) is 3.57. The molecule has 0 aliphatic heterocycles. The third-order valence-electron chi connectivity index (χ3n) is 3.57. The molecule has 1 unspecified atom stereocenters. The number of benzene rings is 1. The summed E-state index contributed by atoms with van der Waals surface area (Å²) >= 11 is 0. The van der Waals surface area contributed by atoms with Crippen LogP contribution in [0.1, 0.15) is 30.6 Å². The number of amides is 2. The number of likely N-dealkylation sites (N-methyl/N-ethyl adjacent to an activating group) is 1. The largest absolute Gasteiger partial charge is 0.360 e. The van der Waals surface area contributed by atoms with Crippen LogP contribution in [0.15, 0.2) is 30.5 Å². The van der Waals surface area contributed by atoms with Gasteiger partial charge in [0.15, 0.2) is 0 Å². The van der Waals surface area contributed by atoms with Crippen LogP contribution in [0.3, 0.4) is 0 Å². The molecule has 0 fully saturated rings. The van der Waals surface area contributed by atoms with Crippen molar-refractivity contribution < 1.29 is 9.59 Å². The number of hydrogen-bond donors (Lipinski definition) is 2. The molecule has 0 radical (unpaired) electrons. The summed E-state index contributed by atoms with van der Waals surface area (Å²) in [5.74, 6) is -0.299. The molecule has 0 spiro atoms. The van der Waals surface area contributed by atoms with E-state index in [0.29, 0.717) is 5.56 Å². The fourth-order valence-corrected chi connectivity index (χ4v) is 2.16. The molecule has 21 heavy (non-hydrogen) atoms. The molecule has 1 aromatic carbocycles. The number of rotatable bonds is 5. The number of aromatic amines is 1. The van der Waals surface area contributed by atoms with Crippen LogP contribution in [0.2, 0.25) is 0 Å². The highest BCUT2D eigenvalue weighted by molar-refractivity contribution is 6.07. The number of fused-ring (bicyclic) bond motifs is 1. The molecule has 1 atom stereocenters. The van der Waals surface area contributed by atoms with Gasteiger partial charge in [-0.2, -0.15) is 0 Å². The number of carbonyl (C=O) groups excluding carboxylic acids is 2. The SMILES string of the molecule is CCC(C)NC(=O)CN(C)C(=O)c1c[nH]c2ccccc12. The van der Waals surface area contributed by atoms with Gasteiger partial charge in [0.05, 0.1) is 12.1 Å². The molecule has 0 aliphatic rings. The molecule has 2 amide bonds. The number of para-hydroxylation sites is 1. The Hall–Kier alpha value is -2.30. The van der Waals surface area contributed by atoms with Crippen molar-refractivity contribution in [3.05, 3.63) is 36.0 Å². The Morgan fingerprint density at radius 1 is 1.33 bits per heavy atom. The monoisotopic (exact) mass is 287 g/mol. The first kappa shape index (κ1) is 15.1. The second-order valence-electron chi connectivity index (χ2n) is 5.29. The Labute approximate surface area is 124 Å². The van der Waals surface area contributed by atoms with Crippen LogP contribution in [0.25, 0.3) is 10.9 Å². The molecule has 0 bridgehead atoms. The zero-order valence-electron chi connectivity index (χ0n) is 12.6. The Bertz CT molecular complexity index is 648. The van der Waals surface area contributed by atoms with Gasteiger partial charge in [0.2, 0.25) is 5.91 Å². The maximum atomic E-state index is 12.4. The molecule has 112 valence electrons. The third kappa shape index (κ3) is 3.42. The predicted molar refractivity (Wildman–Crippen MR) is 83.2 cm³/mol. The molecule has 1 aromatic heterocycles. The number of hydrogen-bond acceptors (Lipinski definition) is 2. The Morgan fingerprint density at radius 3 is 2.76 bits per heavy atom.